The number of aldehydes is 1. The summed E-state index contributed by atoms with van der Waals surface area (Å²) in [6.45, 7) is 5.44. The molecule has 1 heterocycles. The average Bonchev–Trinajstić information content (AvgIpc) is 3.51. The fourth-order valence-corrected chi connectivity index (χ4v) is 8.35. The van der Waals surface area contributed by atoms with E-state index in [9.17, 15) is 29.1 Å². The summed E-state index contributed by atoms with van der Waals surface area (Å²) in [4.78, 5) is 68.2. The van der Waals surface area contributed by atoms with Gasteiger partial charge in [0.2, 0.25) is 11.8 Å². The van der Waals surface area contributed by atoms with E-state index in [2.05, 4.69) is 31.8 Å². The second-order valence-electron chi connectivity index (χ2n) is 16.8. The van der Waals surface area contributed by atoms with Gasteiger partial charge in [-0.25, -0.2) is 0 Å². The number of carbonyl (C=O) groups excluding carboxylic acids is 5. The number of carbonyl (C=O) groups is 5. The van der Waals surface area contributed by atoms with Crippen molar-refractivity contribution < 1.29 is 38.6 Å². The number of hydrogen-bond donors (Lipinski definition) is 4. The van der Waals surface area contributed by atoms with Crippen LogP contribution in [-0.2, 0) is 33.4 Å². The third-order valence-corrected chi connectivity index (χ3v) is 12.1. The quantitative estimate of drug-likeness (QED) is 0.0156. The van der Waals surface area contributed by atoms with Crippen LogP contribution in [0, 0.1) is 0 Å². The lowest BCUT2D eigenvalue weighted by Crippen LogP contribution is -2.66. The van der Waals surface area contributed by atoms with Crippen LogP contribution in [0.15, 0.2) is 0 Å². The number of amides is 2. The molecule has 1 rings (SSSR count). The molecule has 338 valence electrons. The van der Waals surface area contributed by atoms with Crippen LogP contribution in [0.1, 0.15) is 220 Å². The molecule has 0 aromatic rings. The SMILES string of the molecule is CCCCCCCCCCCCCCCC(=O)OC1(OC(=O)CCCCCCCCCCCCCCC)CCN(C(=O)[C@H](CO)NC(=O)[C@@H](N)CS)[C@@]1(C=O)CCC. The fourth-order valence-electron chi connectivity index (χ4n) is 8.19. The van der Waals surface area contributed by atoms with E-state index < -0.39 is 53.8 Å². The third kappa shape index (κ3) is 20.4. The van der Waals surface area contributed by atoms with Crippen LogP contribution in [0.2, 0.25) is 0 Å². The Morgan fingerprint density at radius 1 is 0.672 bits per heavy atom. The normalized spacial score (nSPS) is 17.2. The van der Waals surface area contributed by atoms with Crippen molar-refractivity contribution in [3.05, 3.63) is 0 Å². The van der Waals surface area contributed by atoms with Gasteiger partial charge in [0, 0.05) is 31.6 Å². The first kappa shape index (κ1) is 53.8. The number of likely N-dealkylation sites (tertiary alicyclic amines) is 1. The van der Waals surface area contributed by atoms with Crippen LogP contribution in [0.5, 0.6) is 0 Å². The summed E-state index contributed by atoms with van der Waals surface area (Å²) >= 11 is 4.05. The van der Waals surface area contributed by atoms with Crippen molar-refractivity contribution in [2.24, 2.45) is 5.73 Å². The zero-order chi connectivity index (χ0) is 42.9. The van der Waals surface area contributed by atoms with E-state index in [1.54, 1.807) is 0 Å². The molecule has 4 N–H and O–H groups in total. The molecule has 1 fully saturated rings. The van der Waals surface area contributed by atoms with Gasteiger partial charge in [0.05, 0.1) is 12.6 Å². The summed E-state index contributed by atoms with van der Waals surface area (Å²) < 4.78 is 12.2. The maximum absolute atomic E-state index is 14.0. The highest BCUT2D eigenvalue weighted by atomic mass is 32.1. The zero-order valence-corrected chi connectivity index (χ0v) is 37.9. The van der Waals surface area contributed by atoms with E-state index in [0.717, 1.165) is 38.5 Å². The Balaban J connectivity index is 2.91. The molecule has 1 saturated heterocycles. The number of hydrogen-bond acceptors (Lipinski definition) is 10. The summed E-state index contributed by atoms with van der Waals surface area (Å²) in [6, 6.07) is -2.44. The van der Waals surface area contributed by atoms with Crippen molar-refractivity contribution in [3.63, 3.8) is 0 Å². The second kappa shape index (κ2) is 33.5. The number of ether oxygens (including phenoxy) is 2. The number of nitrogens with one attached hydrogen (secondary N) is 1. The minimum absolute atomic E-state index is 0.0174. The van der Waals surface area contributed by atoms with Crippen LogP contribution >= 0.6 is 12.6 Å². The molecule has 0 aromatic carbocycles. The number of nitrogens with zero attached hydrogens (tertiary/aromatic N) is 1. The van der Waals surface area contributed by atoms with Crippen LogP contribution in [-0.4, -0.2) is 82.4 Å². The topological polar surface area (TPSA) is 165 Å². The first-order valence-corrected chi connectivity index (χ1v) is 24.2. The number of nitrogens with two attached hydrogens (primary N) is 1. The first-order chi connectivity index (χ1) is 28.1. The van der Waals surface area contributed by atoms with Crippen molar-refractivity contribution in [2.75, 3.05) is 18.9 Å². The highest BCUT2D eigenvalue weighted by Crippen LogP contribution is 2.45. The Morgan fingerprint density at radius 3 is 1.38 bits per heavy atom. The molecule has 0 spiro atoms. The molecule has 0 bridgehead atoms. The molecule has 0 saturated carbocycles. The van der Waals surface area contributed by atoms with Gasteiger partial charge in [-0.3, -0.25) is 19.2 Å². The van der Waals surface area contributed by atoms with Crippen molar-refractivity contribution >= 4 is 42.7 Å². The summed E-state index contributed by atoms with van der Waals surface area (Å²) in [5, 5.41) is 12.6. The molecule has 11 nitrogen and oxygen atoms in total. The van der Waals surface area contributed by atoms with Crippen molar-refractivity contribution in [1.82, 2.24) is 10.2 Å². The minimum atomic E-state index is -2.05. The van der Waals surface area contributed by atoms with Gasteiger partial charge in [-0.15, -0.1) is 0 Å². The highest BCUT2D eigenvalue weighted by molar-refractivity contribution is 7.80. The molecule has 3 atom stereocenters. The Labute approximate surface area is 358 Å². The lowest BCUT2D eigenvalue weighted by atomic mass is 9.85. The number of aliphatic hydroxyl groups excluding tert-OH is 1. The number of esters is 2. The van der Waals surface area contributed by atoms with E-state index in [1.165, 1.54) is 120 Å². The molecule has 58 heavy (non-hydrogen) atoms. The van der Waals surface area contributed by atoms with Gasteiger partial charge in [-0.05, 0) is 19.3 Å². The zero-order valence-electron chi connectivity index (χ0n) is 37.1. The van der Waals surface area contributed by atoms with Crippen LogP contribution < -0.4 is 11.1 Å². The molecule has 2 amide bonds. The van der Waals surface area contributed by atoms with Crippen LogP contribution in [0.4, 0.5) is 0 Å². The van der Waals surface area contributed by atoms with Crippen molar-refractivity contribution in [3.8, 4) is 0 Å². The van der Waals surface area contributed by atoms with E-state index in [-0.39, 0.29) is 38.0 Å². The highest BCUT2D eigenvalue weighted by Gasteiger charge is 2.67. The first-order valence-electron chi connectivity index (χ1n) is 23.6. The van der Waals surface area contributed by atoms with Crippen molar-refractivity contribution in [2.45, 2.75) is 243 Å². The van der Waals surface area contributed by atoms with Crippen LogP contribution in [0.3, 0.4) is 0 Å². The summed E-state index contributed by atoms with van der Waals surface area (Å²) in [6.07, 6.45) is 31.2. The van der Waals surface area contributed by atoms with Gasteiger partial charge in [0.15, 0.2) is 11.8 Å². The molecular formula is C46H85N3O8S. The summed E-state index contributed by atoms with van der Waals surface area (Å²) in [7, 11) is 0. The second-order valence-corrected chi connectivity index (χ2v) is 17.1. The van der Waals surface area contributed by atoms with E-state index >= 15 is 0 Å². The van der Waals surface area contributed by atoms with E-state index in [0.29, 0.717) is 25.5 Å². The average molecular weight is 840 g/mol. The summed E-state index contributed by atoms with van der Waals surface area (Å²) in [5.74, 6) is -4.67. The van der Waals surface area contributed by atoms with Crippen molar-refractivity contribution in [1.29, 1.82) is 0 Å². The minimum Gasteiger partial charge on any atom is -0.419 e. The molecule has 0 aliphatic carbocycles. The third-order valence-electron chi connectivity index (χ3n) is 11.8. The molecule has 12 heteroatoms. The molecule has 0 aromatic heterocycles. The Morgan fingerprint density at radius 2 is 1.05 bits per heavy atom. The Hall–Kier alpha value is -2.18. The summed E-state index contributed by atoms with van der Waals surface area (Å²) in [5.41, 5.74) is 3.94. The maximum atomic E-state index is 14.0. The molecule has 0 unspecified atom stereocenters. The lowest BCUT2D eigenvalue weighted by Gasteiger charge is -2.44. The maximum Gasteiger partial charge on any atom is 0.309 e. The fraction of sp³-hybridized carbons (Fsp3) is 0.891. The molecular weight excluding hydrogens is 755 g/mol. The number of thiol groups is 1. The largest absolute Gasteiger partial charge is 0.419 e. The van der Waals surface area contributed by atoms with E-state index in [1.807, 2.05) is 6.92 Å². The molecule has 0 radical (unpaired) electrons. The van der Waals surface area contributed by atoms with Gasteiger partial charge in [-0.1, -0.05) is 181 Å². The Bertz CT molecular complexity index is 1080. The van der Waals surface area contributed by atoms with Gasteiger partial charge >= 0.3 is 11.9 Å². The standard InChI is InChI=1S/C46H85N3O8S/c1-4-7-9-11-13-15-17-19-21-23-25-27-29-31-41(52)56-46(57-42(53)32-30-28-26-24-22-20-18-16-14-12-10-8-5-2)34-35-49(45(46,38-51)33-6-3)44(55)40(36-50)48-43(54)39(47)37-58/h38-40,50,58H,4-37,47H2,1-3H3,(H,48,54)/t39-,40-,45+/m0/s1. The smallest absolute Gasteiger partial charge is 0.309 e. The van der Waals surface area contributed by atoms with Gasteiger partial charge in [-0.2, -0.15) is 12.6 Å². The van der Waals surface area contributed by atoms with Gasteiger partial charge in [0.25, 0.3) is 5.79 Å². The Kier molecular flexibility index (Phi) is 31.1. The number of unbranched alkanes of at least 4 members (excludes halogenated alkanes) is 24. The number of aliphatic hydroxyl groups is 1. The van der Waals surface area contributed by atoms with E-state index in [4.69, 9.17) is 15.2 Å². The molecule has 1 aliphatic heterocycles. The lowest BCUT2D eigenvalue weighted by molar-refractivity contribution is -0.251. The van der Waals surface area contributed by atoms with Gasteiger partial charge < -0.3 is 35.3 Å². The monoisotopic (exact) mass is 840 g/mol. The van der Waals surface area contributed by atoms with Crippen LogP contribution in [0.25, 0.3) is 0 Å². The molecule has 1 aliphatic rings. The van der Waals surface area contributed by atoms with Gasteiger partial charge in [0.1, 0.15) is 6.04 Å². The predicted octanol–water partition coefficient (Wildman–Crippen LogP) is 9.44. The number of rotatable bonds is 38. The predicted molar refractivity (Wildman–Crippen MR) is 236 cm³/mol.